The van der Waals surface area contributed by atoms with Gasteiger partial charge in [-0.3, -0.25) is 0 Å². The number of rotatable bonds is 8. The van der Waals surface area contributed by atoms with Crippen LogP contribution in [-0.4, -0.2) is 36.4 Å². The summed E-state index contributed by atoms with van der Waals surface area (Å²) in [5.41, 5.74) is 4.41. The molecule has 1 atom stereocenters. The number of aromatic nitrogens is 2. The van der Waals surface area contributed by atoms with Crippen LogP contribution in [0.15, 0.2) is 66.0 Å². The minimum absolute atomic E-state index is 0.388. The van der Waals surface area contributed by atoms with Crippen molar-refractivity contribution in [2.75, 3.05) is 12.0 Å². The highest BCUT2D eigenvalue weighted by atomic mass is 32.2. The summed E-state index contributed by atoms with van der Waals surface area (Å²) in [5.74, 6) is 1.36. The van der Waals surface area contributed by atoms with E-state index in [-0.39, 0.29) is 0 Å². The molecule has 3 aromatic rings. The first kappa shape index (κ1) is 22.8. The van der Waals surface area contributed by atoms with E-state index in [1.807, 2.05) is 42.6 Å². The van der Waals surface area contributed by atoms with Crippen molar-refractivity contribution in [3.8, 4) is 17.0 Å². The van der Waals surface area contributed by atoms with Gasteiger partial charge < -0.3 is 9.50 Å². The molecule has 2 heterocycles. The molecule has 2 aromatic carbocycles. The second kappa shape index (κ2) is 10.5. The van der Waals surface area contributed by atoms with Crippen LogP contribution < -0.4 is 9.50 Å². The molecule has 1 aliphatic rings. The van der Waals surface area contributed by atoms with Crippen molar-refractivity contribution in [3.05, 3.63) is 71.9 Å². The zero-order chi connectivity index (χ0) is 22.4. The maximum Gasteiger partial charge on any atom is 0.306 e. The van der Waals surface area contributed by atoms with Crippen molar-refractivity contribution < 1.29 is 12.6 Å². The molecule has 0 fully saturated rings. The number of nitrogens with zero attached hydrogens (tertiary/aromatic N) is 2. The molecular formula is C24H27N3O3S2. The van der Waals surface area contributed by atoms with Gasteiger partial charge in [0.1, 0.15) is 5.75 Å². The lowest BCUT2D eigenvalue weighted by Gasteiger charge is -2.15. The van der Waals surface area contributed by atoms with E-state index in [9.17, 15) is 8.42 Å². The molecule has 0 radical (unpaired) electrons. The van der Waals surface area contributed by atoms with E-state index in [4.69, 9.17) is 4.18 Å². The zero-order valence-electron chi connectivity index (χ0n) is 18.0. The van der Waals surface area contributed by atoms with Crippen LogP contribution in [0, 0.1) is 0 Å². The van der Waals surface area contributed by atoms with E-state index in [2.05, 4.69) is 27.4 Å². The van der Waals surface area contributed by atoms with E-state index < -0.39 is 10.1 Å². The average molecular weight is 470 g/mol. The second-order valence-corrected chi connectivity index (χ2v) is 10.6. The summed E-state index contributed by atoms with van der Waals surface area (Å²) in [6.07, 6.45) is 6.95. The molecular weight excluding hydrogens is 442 g/mol. The molecule has 32 heavy (non-hydrogen) atoms. The number of benzene rings is 2. The molecule has 1 N–H and O–H groups in total. The predicted molar refractivity (Wildman–Crippen MR) is 128 cm³/mol. The first-order chi connectivity index (χ1) is 15.5. The Morgan fingerprint density at radius 3 is 2.78 bits per heavy atom. The van der Waals surface area contributed by atoms with Crippen LogP contribution >= 0.6 is 11.8 Å². The Hall–Kier alpha value is -2.42. The standard InChI is InChI=1S/C24H27N3O3S2/c1-32(28,29)30-22-12-10-20-17-26-21(11-9-19(20)16-22)8-5-15-31-24-25-14-13-23(27-24)18-6-3-2-4-7-18/h2-4,6-7,10,12-14,16,21,26H,5,8-9,11,15,17H2,1H3. The number of thioether (sulfide) groups is 1. The molecule has 0 aliphatic carbocycles. The summed E-state index contributed by atoms with van der Waals surface area (Å²) in [6.45, 7) is 0.786. The van der Waals surface area contributed by atoms with Crippen molar-refractivity contribution >= 4 is 21.9 Å². The largest absolute Gasteiger partial charge is 0.383 e. The van der Waals surface area contributed by atoms with Crippen LogP contribution in [0.2, 0.25) is 0 Å². The molecule has 0 amide bonds. The van der Waals surface area contributed by atoms with Crippen LogP contribution in [0.5, 0.6) is 5.75 Å². The minimum Gasteiger partial charge on any atom is -0.383 e. The minimum atomic E-state index is -3.51. The Bertz CT molecular complexity index is 1150. The Kier molecular flexibility index (Phi) is 7.44. The van der Waals surface area contributed by atoms with Crippen molar-refractivity contribution in [1.29, 1.82) is 0 Å². The van der Waals surface area contributed by atoms with E-state index >= 15 is 0 Å². The van der Waals surface area contributed by atoms with Gasteiger partial charge in [0.2, 0.25) is 0 Å². The lowest BCUT2D eigenvalue weighted by molar-refractivity contribution is 0.462. The summed E-state index contributed by atoms with van der Waals surface area (Å²) >= 11 is 1.69. The molecule has 6 nitrogen and oxygen atoms in total. The molecule has 1 unspecified atom stereocenters. The van der Waals surface area contributed by atoms with Crippen LogP contribution in [0.3, 0.4) is 0 Å². The van der Waals surface area contributed by atoms with Crippen LogP contribution in [0.1, 0.15) is 30.4 Å². The van der Waals surface area contributed by atoms with E-state index in [0.717, 1.165) is 66.2 Å². The molecule has 0 bridgehead atoms. The van der Waals surface area contributed by atoms with Crippen LogP contribution in [-0.2, 0) is 23.1 Å². The van der Waals surface area contributed by atoms with E-state index in [0.29, 0.717) is 11.8 Å². The normalized spacial score (nSPS) is 16.2. The molecule has 0 saturated carbocycles. The van der Waals surface area contributed by atoms with E-state index in [1.165, 1.54) is 5.56 Å². The lowest BCUT2D eigenvalue weighted by Crippen LogP contribution is -2.27. The van der Waals surface area contributed by atoms with Crippen molar-refractivity contribution in [3.63, 3.8) is 0 Å². The Labute approximate surface area is 194 Å². The van der Waals surface area contributed by atoms with Crippen molar-refractivity contribution in [2.45, 2.75) is 43.4 Å². The number of hydrogen-bond acceptors (Lipinski definition) is 7. The predicted octanol–water partition coefficient (Wildman–Crippen LogP) is 4.46. The summed E-state index contributed by atoms with van der Waals surface area (Å²) in [7, 11) is -3.51. The molecule has 4 rings (SSSR count). The van der Waals surface area contributed by atoms with Crippen LogP contribution in [0.25, 0.3) is 11.3 Å². The van der Waals surface area contributed by atoms with E-state index in [1.54, 1.807) is 17.8 Å². The monoisotopic (exact) mass is 469 g/mol. The quantitative estimate of drug-likeness (QED) is 0.226. The topological polar surface area (TPSA) is 81.2 Å². The number of aryl methyl sites for hydroxylation is 1. The fourth-order valence-electron chi connectivity index (χ4n) is 3.84. The summed E-state index contributed by atoms with van der Waals surface area (Å²) in [4.78, 5) is 9.09. The van der Waals surface area contributed by atoms with Gasteiger partial charge in [-0.2, -0.15) is 8.42 Å². The fraction of sp³-hybridized carbons (Fsp3) is 0.333. The maximum absolute atomic E-state index is 11.4. The molecule has 1 aromatic heterocycles. The highest BCUT2D eigenvalue weighted by Gasteiger charge is 2.17. The third kappa shape index (κ3) is 6.54. The van der Waals surface area contributed by atoms with Gasteiger partial charge >= 0.3 is 10.1 Å². The highest BCUT2D eigenvalue weighted by Crippen LogP contribution is 2.25. The highest BCUT2D eigenvalue weighted by molar-refractivity contribution is 7.99. The lowest BCUT2D eigenvalue weighted by atomic mass is 10.0. The number of nitrogens with one attached hydrogen (secondary N) is 1. The first-order valence-corrected chi connectivity index (χ1v) is 13.5. The van der Waals surface area contributed by atoms with Gasteiger partial charge in [0.05, 0.1) is 11.9 Å². The first-order valence-electron chi connectivity index (χ1n) is 10.7. The number of fused-ring (bicyclic) bond motifs is 1. The molecule has 168 valence electrons. The third-order valence-corrected chi connectivity index (χ3v) is 6.84. The maximum atomic E-state index is 11.4. The summed E-state index contributed by atoms with van der Waals surface area (Å²) in [5, 5.41) is 4.45. The molecule has 0 saturated heterocycles. The Balaban J connectivity index is 1.26. The van der Waals surface area contributed by atoms with Crippen molar-refractivity contribution in [2.24, 2.45) is 0 Å². The molecule has 0 spiro atoms. The summed E-state index contributed by atoms with van der Waals surface area (Å²) in [6, 6.07) is 18.1. The number of hydrogen-bond donors (Lipinski definition) is 1. The fourth-order valence-corrected chi connectivity index (χ4v) is 5.08. The van der Waals surface area contributed by atoms with Gasteiger partial charge in [0, 0.05) is 30.1 Å². The second-order valence-electron chi connectivity index (χ2n) is 7.92. The smallest absolute Gasteiger partial charge is 0.306 e. The van der Waals surface area contributed by atoms with Gasteiger partial charge in [0.25, 0.3) is 0 Å². The molecule has 1 aliphatic heterocycles. The average Bonchev–Trinajstić information content (AvgIpc) is 2.98. The van der Waals surface area contributed by atoms with Crippen molar-refractivity contribution in [1.82, 2.24) is 15.3 Å². The zero-order valence-corrected chi connectivity index (χ0v) is 19.7. The Morgan fingerprint density at radius 2 is 1.97 bits per heavy atom. The van der Waals surface area contributed by atoms with Gasteiger partial charge in [-0.15, -0.1) is 0 Å². The van der Waals surface area contributed by atoms with Gasteiger partial charge in [-0.25, -0.2) is 9.97 Å². The Morgan fingerprint density at radius 1 is 1.12 bits per heavy atom. The van der Waals surface area contributed by atoms with Gasteiger partial charge in [-0.1, -0.05) is 48.2 Å². The SMILES string of the molecule is CS(=O)(=O)Oc1ccc2c(c1)CCC(CCCSc1nccc(-c3ccccc3)n1)NC2. The molecule has 8 heteroatoms. The summed E-state index contributed by atoms with van der Waals surface area (Å²) < 4.78 is 27.8. The van der Waals surface area contributed by atoms with Gasteiger partial charge in [0.15, 0.2) is 5.16 Å². The van der Waals surface area contributed by atoms with Gasteiger partial charge in [-0.05, 0) is 55.0 Å². The van der Waals surface area contributed by atoms with Crippen LogP contribution in [0.4, 0.5) is 0 Å². The third-order valence-electron chi connectivity index (χ3n) is 5.40.